The van der Waals surface area contributed by atoms with Crippen LogP contribution in [0.15, 0.2) is 128 Å². The van der Waals surface area contributed by atoms with Crippen molar-refractivity contribution in [1.29, 1.82) is 0 Å². The zero-order chi connectivity index (χ0) is 59.9. The molecule has 0 N–H and O–H groups in total. The third-order valence-corrected chi connectivity index (χ3v) is 11.3. The molecule has 7 nitrogen and oxygen atoms in total. The summed E-state index contributed by atoms with van der Waals surface area (Å²) in [5.41, 5.74) is -29.6. The first-order valence-electron chi connectivity index (χ1n) is 21.1. The Kier molecular flexibility index (Phi) is 17.1. The summed E-state index contributed by atoms with van der Waals surface area (Å²) in [5.74, 6) is -1.03. The number of ketones is 1. The van der Waals surface area contributed by atoms with Gasteiger partial charge in [-0.25, -0.2) is 4.79 Å². The van der Waals surface area contributed by atoms with Crippen molar-refractivity contribution in [3.63, 3.8) is 0 Å². The number of nitro groups is 1. The van der Waals surface area contributed by atoms with E-state index in [9.17, 15) is 125 Å². The second-order valence-corrected chi connectivity index (χ2v) is 16.6. The highest BCUT2D eigenvalue weighted by Crippen LogP contribution is 2.41. The van der Waals surface area contributed by atoms with E-state index >= 15 is 0 Å². The summed E-state index contributed by atoms with van der Waals surface area (Å²) in [7, 11) is 0. The molecule has 79 heavy (non-hydrogen) atoms. The van der Waals surface area contributed by atoms with E-state index in [0.29, 0.717) is 5.56 Å². The Balaban J connectivity index is 0.000000433. The van der Waals surface area contributed by atoms with Gasteiger partial charge in [0.1, 0.15) is 6.15 Å². The first-order chi connectivity index (χ1) is 35.8. The molecular formula is C47H25BF24N2O5. The number of nitrogens with zero attached hydrogens (tertiary/aromatic N) is 2. The fourth-order valence-electron chi connectivity index (χ4n) is 7.93. The number of aromatic nitrogens is 1. The van der Waals surface area contributed by atoms with Crippen molar-refractivity contribution in [2.24, 2.45) is 0 Å². The zero-order valence-electron chi connectivity index (χ0n) is 38.1. The summed E-state index contributed by atoms with van der Waals surface area (Å²) in [5, 5.41) is 10.3. The van der Waals surface area contributed by atoms with Gasteiger partial charge >= 0.3 is 62.1 Å². The van der Waals surface area contributed by atoms with Crippen LogP contribution in [0.25, 0.3) is 0 Å². The van der Waals surface area contributed by atoms with Crippen LogP contribution in [0.3, 0.4) is 0 Å². The zero-order valence-corrected chi connectivity index (χ0v) is 38.1. The molecular weight excluding hydrogens is 1140 g/mol. The maximum absolute atomic E-state index is 14.2. The van der Waals surface area contributed by atoms with Crippen LogP contribution in [0.1, 0.15) is 65.4 Å². The minimum atomic E-state index is -6.13. The van der Waals surface area contributed by atoms with E-state index < -0.39 is 212 Å². The lowest BCUT2D eigenvalue weighted by molar-refractivity contribution is -0.686. The molecule has 5 aromatic carbocycles. The fourth-order valence-corrected chi connectivity index (χ4v) is 7.93. The standard InChI is InChI=1S/C32H12BF24.C15H13N2O5/c34-25(35,36)13-1-14(26(37,38)39)6-21(5-13)33(22-7-15(27(40,41)42)2-16(8-22)28(43,44)45,23-9-17(29(46,47)48)3-18(10-23)30(49,50)51)24-11-19(31(52,53)54)4-20(12-24)32(55,56)57;18-14(12-6-2-1-3-7-12)10-16-9-5-4-8-13(16)15(19)22-11-17(20)21/h1-12H;1-9H,10-11H2/q-1;+1. The molecule has 1 aromatic heterocycles. The summed E-state index contributed by atoms with van der Waals surface area (Å²) in [6.07, 6.45) is -53.3. The monoisotopic (exact) mass is 1160 g/mol. The Morgan fingerprint density at radius 3 is 0.937 bits per heavy atom. The Hall–Kier alpha value is -7.83. The average molecular weight is 1160 g/mol. The average Bonchev–Trinajstić information content (AvgIpc) is 3.33. The second kappa shape index (κ2) is 21.8. The molecule has 0 saturated heterocycles. The van der Waals surface area contributed by atoms with E-state index in [2.05, 4.69) is 4.74 Å². The molecule has 6 aromatic rings. The summed E-state index contributed by atoms with van der Waals surface area (Å²) in [6.45, 7) is -0.978. The van der Waals surface area contributed by atoms with Crippen molar-refractivity contribution in [2.45, 2.75) is 56.0 Å². The molecule has 0 aliphatic carbocycles. The number of Topliss-reactive ketones (excluding diaryl/α,β-unsaturated/α-hetero) is 1. The Bertz CT molecular complexity index is 2790. The van der Waals surface area contributed by atoms with E-state index in [1.165, 1.54) is 10.6 Å². The highest BCUT2D eigenvalue weighted by atomic mass is 19.4. The number of hydrogen-bond donors (Lipinski definition) is 0. The molecule has 6 rings (SSSR count). The summed E-state index contributed by atoms with van der Waals surface area (Å²) in [6, 6.07) is 4.52. The van der Waals surface area contributed by atoms with Crippen LogP contribution in [-0.4, -0.2) is 29.6 Å². The highest BCUT2D eigenvalue weighted by Gasteiger charge is 2.47. The van der Waals surface area contributed by atoms with Crippen molar-refractivity contribution >= 4 is 39.7 Å². The van der Waals surface area contributed by atoms with E-state index in [-0.39, 0.29) is 18.0 Å². The van der Waals surface area contributed by atoms with Crippen LogP contribution in [0.4, 0.5) is 105 Å². The van der Waals surface area contributed by atoms with E-state index in [1.54, 1.807) is 48.7 Å². The fraction of sp³-hybridized carbons (Fsp3) is 0.213. The molecule has 0 bridgehead atoms. The van der Waals surface area contributed by atoms with Gasteiger partial charge in [-0.2, -0.15) is 132 Å². The molecule has 32 heteroatoms. The predicted molar refractivity (Wildman–Crippen MR) is 225 cm³/mol. The number of pyridine rings is 1. The van der Waals surface area contributed by atoms with Crippen molar-refractivity contribution in [1.82, 2.24) is 0 Å². The molecule has 0 aliphatic heterocycles. The summed E-state index contributed by atoms with van der Waals surface area (Å²) in [4.78, 5) is 33.5. The van der Waals surface area contributed by atoms with Crippen molar-refractivity contribution < 1.29 is 129 Å². The van der Waals surface area contributed by atoms with Crippen LogP contribution in [0, 0.1) is 10.1 Å². The number of carbonyl (C=O) groups is 2. The molecule has 0 radical (unpaired) electrons. The maximum atomic E-state index is 14.2. The lowest BCUT2D eigenvalue weighted by Gasteiger charge is -2.46. The minimum Gasteiger partial charge on any atom is -0.392 e. The molecule has 1 heterocycles. The first kappa shape index (κ1) is 62.0. The van der Waals surface area contributed by atoms with Gasteiger partial charge in [-0.05, 0) is 30.3 Å². The van der Waals surface area contributed by atoms with Crippen molar-refractivity contribution in [3.05, 3.63) is 193 Å². The SMILES string of the molecule is FC(F)(F)c1cc([B-](c2cc(C(F)(F)F)cc(C(F)(F)F)c2)(c2cc(C(F)(F)F)cc(C(F)(F)F)c2)c2cc(C(F)(F)F)cc(C(F)(F)F)c2)cc(C(F)(F)F)c1.O=C(C[n+]1ccccc1C(=O)OC[N+](=O)[O-])c1ccccc1. The van der Waals surface area contributed by atoms with Gasteiger partial charge in [0.05, 0.1) is 49.4 Å². The van der Waals surface area contributed by atoms with Crippen LogP contribution in [0.5, 0.6) is 0 Å². The maximum Gasteiger partial charge on any atom is 0.416 e. The van der Waals surface area contributed by atoms with Gasteiger partial charge in [0, 0.05) is 17.7 Å². The van der Waals surface area contributed by atoms with Gasteiger partial charge in [0.15, 0.2) is 6.20 Å². The molecule has 0 saturated carbocycles. The van der Waals surface area contributed by atoms with Crippen LogP contribution >= 0.6 is 0 Å². The van der Waals surface area contributed by atoms with Crippen molar-refractivity contribution in [2.75, 3.05) is 6.73 Å². The second-order valence-electron chi connectivity index (χ2n) is 16.6. The molecule has 0 fully saturated rings. The van der Waals surface area contributed by atoms with Gasteiger partial charge in [-0.3, -0.25) is 14.9 Å². The van der Waals surface area contributed by atoms with Crippen LogP contribution in [0.2, 0.25) is 0 Å². The molecule has 0 unspecified atom stereocenters. The lowest BCUT2D eigenvalue weighted by Crippen LogP contribution is -2.75. The quantitative estimate of drug-likeness (QED) is 0.0199. The normalized spacial score (nSPS) is 13.1. The molecule has 424 valence electrons. The largest absolute Gasteiger partial charge is 0.416 e. The Labute approximate surface area is 424 Å². The lowest BCUT2D eigenvalue weighted by atomic mass is 9.12. The predicted octanol–water partition coefficient (Wildman–Crippen LogP) is 12.5. The number of halogens is 24. The number of carbonyl (C=O) groups excluding carboxylic acids is 2. The minimum absolute atomic E-state index is 0.0618. The molecule has 0 atom stereocenters. The van der Waals surface area contributed by atoms with E-state index in [4.69, 9.17) is 0 Å². The van der Waals surface area contributed by atoms with Gasteiger partial charge in [0.25, 0.3) is 5.69 Å². The third kappa shape index (κ3) is 14.9. The number of rotatable bonds is 10. The smallest absolute Gasteiger partial charge is 0.392 e. The number of alkyl halides is 24. The van der Waals surface area contributed by atoms with Gasteiger partial charge in [0.2, 0.25) is 12.3 Å². The van der Waals surface area contributed by atoms with Gasteiger partial charge in [-0.1, -0.05) is 78.9 Å². The number of hydrogen-bond acceptors (Lipinski definition) is 5. The molecule has 0 amide bonds. The third-order valence-electron chi connectivity index (χ3n) is 11.3. The molecule has 0 spiro atoms. The summed E-state index contributed by atoms with van der Waals surface area (Å²) < 4.78 is 347. The Morgan fingerprint density at radius 2 is 0.684 bits per heavy atom. The number of benzene rings is 5. The van der Waals surface area contributed by atoms with E-state index in [1.807, 2.05) is 0 Å². The molecule has 0 aliphatic rings. The van der Waals surface area contributed by atoms with Gasteiger partial charge < -0.3 is 4.74 Å². The highest BCUT2D eigenvalue weighted by molar-refractivity contribution is 7.20. The van der Waals surface area contributed by atoms with Crippen LogP contribution in [-0.2, 0) is 60.7 Å². The Morgan fingerprint density at radius 1 is 0.418 bits per heavy atom. The van der Waals surface area contributed by atoms with Gasteiger partial charge in [-0.15, -0.1) is 0 Å². The first-order valence-corrected chi connectivity index (χ1v) is 21.1. The van der Waals surface area contributed by atoms with E-state index in [0.717, 1.165) is 0 Å². The number of esters is 1. The number of ether oxygens (including phenoxy) is 1. The topological polar surface area (TPSA) is 90.4 Å². The summed E-state index contributed by atoms with van der Waals surface area (Å²) >= 11 is 0. The van der Waals surface area contributed by atoms with Crippen LogP contribution < -0.4 is 26.4 Å². The van der Waals surface area contributed by atoms with Crippen molar-refractivity contribution in [3.8, 4) is 0 Å².